The van der Waals surface area contributed by atoms with Gasteiger partial charge in [-0.05, 0) is 90.0 Å². The summed E-state index contributed by atoms with van der Waals surface area (Å²) in [6.07, 6.45) is 0. The van der Waals surface area contributed by atoms with Crippen LogP contribution in [0, 0.1) is 11.3 Å². The number of nitrogens with zero attached hydrogens (tertiary/aromatic N) is 5. The molecule has 7 nitrogen and oxygen atoms in total. The average Bonchev–Trinajstić information content (AvgIpc) is 4.21. The Morgan fingerprint density at radius 2 is 0.903 bits per heavy atom. The van der Waals surface area contributed by atoms with Crippen LogP contribution in [-0.4, -0.2) is 19.1 Å². The Morgan fingerprint density at radius 1 is 0.375 bits per heavy atom. The molecule has 7 heteroatoms. The molecule has 10 aromatic carbocycles. The zero-order valence-corrected chi connectivity index (χ0v) is 38.4. The number of hydrogen-bond donors (Lipinski definition) is 0. The van der Waals surface area contributed by atoms with Crippen LogP contribution >= 0.6 is 0 Å². The molecule has 0 aliphatic heterocycles. The van der Waals surface area contributed by atoms with Gasteiger partial charge < -0.3 is 18.0 Å². The summed E-state index contributed by atoms with van der Waals surface area (Å²) in [5, 5.41) is 19.4. The van der Waals surface area contributed by atoms with Gasteiger partial charge in [-0.25, -0.2) is 9.97 Å². The molecule has 0 saturated carbocycles. The fourth-order valence-electron chi connectivity index (χ4n) is 11.2. The Bertz CT molecular complexity index is 4690. The van der Waals surface area contributed by atoms with Crippen LogP contribution in [0.1, 0.15) is 5.56 Å². The standard InChI is InChI=1S/C65H37N5O2/c66-38-50-62(39-16-4-1-5-17-39)67-65(68-63(50)40-18-6-2-7-19-40)47-30-32-55(64-59(47)46-24-12-15-27-57(46)72-64)70-52-31-28-41(42-29-35-58-48(36-42)44-22-11-14-26-56(44)71-58)37-49(52)61-54(70)34-33-53-60(61)45-23-10-13-25-51(45)69(53)43-20-8-3-9-21-43/h1-37H. The molecule has 15 rings (SSSR count). The molecule has 0 fully saturated rings. The first kappa shape index (κ1) is 39.9. The number of benzene rings is 10. The molecule has 0 N–H and O–H groups in total. The van der Waals surface area contributed by atoms with E-state index in [9.17, 15) is 5.26 Å². The summed E-state index contributed by atoms with van der Waals surface area (Å²) in [4.78, 5) is 10.5. The van der Waals surface area contributed by atoms with E-state index in [1.807, 2.05) is 91.0 Å². The highest BCUT2D eigenvalue weighted by Gasteiger charge is 2.26. The van der Waals surface area contributed by atoms with Crippen molar-refractivity contribution in [1.29, 1.82) is 5.26 Å². The maximum absolute atomic E-state index is 10.8. The van der Waals surface area contributed by atoms with E-state index >= 15 is 0 Å². The summed E-state index contributed by atoms with van der Waals surface area (Å²) in [6.45, 7) is 0. The van der Waals surface area contributed by atoms with Crippen LogP contribution < -0.4 is 0 Å². The largest absolute Gasteiger partial charge is 0.456 e. The Kier molecular flexibility index (Phi) is 8.59. The Morgan fingerprint density at radius 3 is 1.61 bits per heavy atom. The summed E-state index contributed by atoms with van der Waals surface area (Å²) in [5.41, 5.74) is 15.8. The molecule has 0 unspecified atom stereocenters. The molecule has 5 heterocycles. The van der Waals surface area contributed by atoms with Crippen molar-refractivity contribution in [2.45, 2.75) is 0 Å². The van der Waals surface area contributed by atoms with E-state index in [1.54, 1.807) is 0 Å². The monoisotopic (exact) mass is 919 g/mol. The van der Waals surface area contributed by atoms with Crippen LogP contribution in [0.25, 0.3) is 144 Å². The normalized spacial score (nSPS) is 11.9. The Balaban J connectivity index is 1.04. The van der Waals surface area contributed by atoms with Crippen molar-refractivity contribution >= 4 is 87.5 Å². The maximum atomic E-state index is 10.8. The van der Waals surface area contributed by atoms with E-state index in [2.05, 4.69) is 149 Å². The highest BCUT2D eigenvalue weighted by atomic mass is 16.3. The van der Waals surface area contributed by atoms with Gasteiger partial charge in [0.05, 0.1) is 39.1 Å². The van der Waals surface area contributed by atoms with Crippen LogP contribution in [-0.2, 0) is 0 Å². The summed E-state index contributed by atoms with van der Waals surface area (Å²) >= 11 is 0. The molecule has 0 amide bonds. The fourth-order valence-corrected chi connectivity index (χ4v) is 11.2. The molecule has 5 aromatic heterocycles. The lowest BCUT2D eigenvalue weighted by atomic mass is 9.99. The van der Waals surface area contributed by atoms with Crippen molar-refractivity contribution in [2.75, 3.05) is 0 Å². The van der Waals surface area contributed by atoms with E-state index < -0.39 is 0 Å². The van der Waals surface area contributed by atoms with Gasteiger partial charge in [0.1, 0.15) is 28.4 Å². The third-order valence-corrected chi connectivity index (χ3v) is 14.4. The number of aromatic nitrogens is 4. The zero-order chi connectivity index (χ0) is 47.4. The van der Waals surface area contributed by atoms with Crippen molar-refractivity contribution in [1.82, 2.24) is 19.1 Å². The van der Waals surface area contributed by atoms with Crippen molar-refractivity contribution in [3.8, 4) is 62.5 Å². The van der Waals surface area contributed by atoms with Crippen LogP contribution in [0.5, 0.6) is 0 Å². The van der Waals surface area contributed by atoms with Crippen LogP contribution in [0.3, 0.4) is 0 Å². The molecule has 0 spiro atoms. The second kappa shape index (κ2) is 15.5. The van der Waals surface area contributed by atoms with E-state index in [4.69, 9.17) is 18.8 Å². The van der Waals surface area contributed by atoms with Gasteiger partial charge >= 0.3 is 0 Å². The molecular weight excluding hydrogens is 883 g/mol. The fraction of sp³-hybridized carbons (Fsp3) is 0. The van der Waals surface area contributed by atoms with Gasteiger partial charge in [-0.15, -0.1) is 0 Å². The predicted octanol–water partition coefficient (Wildman–Crippen LogP) is 17.0. The lowest BCUT2D eigenvalue weighted by molar-refractivity contribution is 0.666. The second-order valence-electron chi connectivity index (χ2n) is 18.3. The SMILES string of the molecule is N#Cc1c(-c2ccccc2)nc(-c2ccc(-n3c4ccc(-c5ccc6oc7ccccc7c6c5)cc4c4c5c6ccccc6n(-c6ccccc6)c5ccc43)c3oc4ccccc4c23)nc1-c1ccccc1. The van der Waals surface area contributed by atoms with E-state index in [1.165, 1.54) is 10.8 Å². The highest BCUT2D eigenvalue weighted by Crippen LogP contribution is 2.47. The molecule has 0 bridgehead atoms. The Hall–Kier alpha value is -10.0. The zero-order valence-electron chi connectivity index (χ0n) is 38.4. The lowest BCUT2D eigenvalue weighted by Gasteiger charge is -2.14. The van der Waals surface area contributed by atoms with E-state index in [-0.39, 0.29) is 0 Å². The number of hydrogen-bond acceptors (Lipinski definition) is 5. The summed E-state index contributed by atoms with van der Waals surface area (Å²) in [5.74, 6) is 0.500. The lowest BCUT2D eigenvalue weighted by Crippen LogP contribution is -2.02. The van der Waals surface area contributed by atoms with E-state index in [0.29, 0.717) is 28.4 Å². The number of furan rings is 2. The van der Waals surface area contributed by atoms with Crippen molar-refractivity contribution in [3.05, 3.63) is 230 Å². The molecule has 0 aliphatic carbocycles. The van der Waals surface area contributed by atoms with Gasteiger partial charge in [0.25, 0.3) is 0 Å². The average molecular weight is 920 g/mol. The first-order valence-corrected chi connectivity index (χ1v) is 24.0. The molecule has 334 valence electrons. The molecular formula is C65H37N5O2. The van der Waals surface area contributed by atoms with Crippen molar-refractivity contribution in [3.63, 3.8) is 0 Å². The summed E-state index contributed by atoms with van der Waals surface area (Å²) in [7, 11) is 0. The van der Waals surface area contributed by atoms with Gasteiger partial charge in [0, 0.05) is 65.5 Å². The van der Waals surface area contributed by atoms with Crippen LogP contribution in [0.15, 0.2) is 233 Å². The van der Waals surface area contributed by atoms with Crippen molar-refractivity contribution < 1.29 is 8.83 Å². The van der Waals surface area contributed by atoms with Gasteiger partial charge in [0.2, 0.25) is 0 Å². The van der Waals surface area contributed by atoms with Crippen LogP contribution in [0.4, 0.5) is 0 Å². The quantitative estimate of drug-likeness (QED) is 0.166. The summed E-state index contributed by atoms with van der Waals surface area (Å²) in [6, 6.07) is 80.2. The molecule has 72 heavy (non-hydrogen) atoms. The highest BCUT2D eigenvalue weighted by molar-refractivity contribution is 6.30. The second-order valence-corrected chi connectivity index (χ2v) is 18.3. The smallest absolute Gasteiger partial charge is 0.161 e. The molecule has 0 saturated heterocycles. The third kappa shape index (κ3) is 5.84. The minimum atomic E-state index is 0.420. The van der Waals surface area contributed by atoms with Gasteiger partial charge in [0.15, 0.2) is 11.4 Å². The maximum Gasteiger partial charge on any atom is 0.161 e. The summed E-state index contributed by atoms with van der Waals surface area (Å²) < 4.78 is 18.1. The topological polar surface area (TPSA) is 85.7 Å². The Labute approximate surface area is 411 Å². The first-order chi connectivity index (χ1) is 35.7. The molecule has 0 atom stereocenters. The number of para-hydroxylation sites is 4. The van der Waals surface area contributed by atoms with Crippen LogP contribution in [0.2, 0.25) is 0 Å². The molecule has 0 aliphatic rings. The minimum Gasteiger partial charge on any atom is -0.456 e. The minimum absolute atomic E-state index is 0.420. The third-order valence-electron chi connectivity index (χ3n) is 14.4. The van der Waals surface area contributed by atoms with E-state index in [0.717, 1.165) is 110 Å². The first-order valence-electron chi connectivity index (χ1n) is 24.0. The predicted molar refractivity (Wildman–Crippen MR) is 292 cm³/mol. The molecule has 0 radical (unpaired) electrons. The number of rotatable bonds is 6. The van der Waals surface area contributed by atoms with Crippen molar-refractivity contribution in [2.24, 2.45) is 0 Å². The van der Waals surface area contributed by atoms with Gasteiger partial charge in [-0.3, -0.25) is 0 Å². The molecule has 15 aromatic rings. The van der Waals surface area contributed by atoms with Gasteiger partial charge in [-0.2, -0.15) is 5.26 Å². The number of nitriles is 1. The van der Waals surface area contributed by atoms with Gasteiger partial charge in [-0.1, -0.05) is 146 Å². The number of fused-ring (bicyclic) bond motifs is 13.